The summed E-state index contributed by atoms with van der Waals surface area (Å²) in [4.78, 5) is 11.7. The van der Waals surface area contributed by atoms with Crippen molar-refractivity contribution in [1.29, 1.82) is 0 Å². The summed E-state index contributed by atoms with van der Waals surface area (Å²) in [5.41, 5.74) is 6.13. The molecule has 0 aromatic heterocycles. The number of nitrogens with two attached hydrogens (primary N) is 1. The van der Waals surface area contributed by atoms with Gasteiger partial charge in [-0.15, -0.1) is 12.4 Å². The zero-order valence-electron chi connectivity index (χ0n) is 11.2. The van der Waals surface area contributed by atoms with Crippen molar-refractivity contribution in [3.05, 3.63) is 24.3 Å². The first-order valence-corrected chi connectivity index (χ1v) is 7.20. The smallest absolute Gasteiger partial charge is 0.225 e. The number of hydrogen-bond donors (Lipinski definition) is 2. The molecule has 0 spiro atoms. The van der Waals surface area contributed by atoms with Gasteiger partial charge in [0.05, 0.1) is 0 Å². The van der Waals surface area contributed by atoms with Gasteiger partial charge in [0.2, 0.25) is 5.91 Å². The molecule has 1 rings (SSSR count). The number of hydrogen-bond acceptors (Lipinski definition) is 4. The topological polar surface area (TPSA) is 64.3 Å². The van der Waals surface area contributed by atoms with Gasteiger partial charge in [0.1, 0.15) is 12.4 Å². The number of rotatable bonds is 7. The molecule has 0 aliphatic carbocycles. The summed E-state index contributed by atoms with van der Waals surface area (Å²) in [5.74, 6) is 0.795. The molecular weight excluding hydrogens is 284 g/mol. The first-order valence-electron chi connectivity index (χ1n) is 5.91. The minimum absolute atomic E-state index is 0. The van der Waals surface area contributed by atoms with Crippen molar-refractivity contribution >= 4 is 35.8 Å². The van der Waals surface area contributed by atoms with E-state index >= 15 is 0 Å². The lowest BCUT2D eigenvalue weighted by atomic mass is 10.2. The van der Waals surface area contributed by atoms with Crippen molar-refractivity contribution in [1.82, 2.24) is 0 Å². The second-order valence-electron chi connectivity index (χ2n) is 3.96. The van der Waals surface area contributed by atoms with E-state index < -0.39 is 0 Å². The van der Waals surface area contributed by atoms with Crippen LogP contribution < -0.4 is 15.8 Å². The van der Waals surface area contributed by atoms with E-state index in [1.807, 2.05) is 37.4 Å². The van der Waals surface area contributed by atoms with E-state index in [0.29, 0.717) is 24.8 Å². The lowest BCUT2D eigenvalue weighted by molar-refractivity contribution is -0.116. The van der Waals surface area contributed by atoms with Crippen LogP contribution in [0.25, 0.3) is 0 Å². The first-order chi connectivity index (χ1) is 8.65. The summed E-state index contributed by atoms with van der Waals surface area (Å²) in [6, 6.07) is 7.30. The Morgan fingerprint density at radius 2 is 2.05 bits per heavy atom. The Labute approximate surface area is 124 Å². The minimum atomic E-state index is 0. The Hall–Kier alpha value is -0.910. The second-order valence-corrected chi connectivity index (χ2v) is 5.24. The van der Waals surface area contributed by atoms with E-state index in [-0.39, 0.29) is 18.3 Å². The van der Waals surface area contributed by atoms with Crippen LogP contribution in [0.2, 0.25) is 0 Å². The average molecular weight is 305 g/mol. The zero-order valence-corrected chi connectivity index (χ0v) is 12.9. The predicted octanol–water partition coefficient (Wildman–Crippen LogP) is 2.53. The molecule has 0 heterocycles. The van der Waals surface area contributed by atoms with Crippen molar-refractivity contribution < 1.29 is 9.53 Å². The third-order valence-electron chi connectivity index (χ3n) is 2.40. The number of carbonyl (C=O) groups excluding carboxylic acids is 1. The molecule has 0 radical (unpaired) electrons. The highest BCUT2D eigenvalue weighted by molar-refractivity contribution is 7.99. The van der Waals surface area contributed by atoms with E-state index in [2.05, 4.69) is 5.32 Å². The highest BCUT2D eigenvalue weighted by Gasteiger charge is 2.07. The SMILES string of the molecule is CSC(C)CC(=O)Nc1ccc(OCCN)cc1.Cl. The normalized spacial score (nSPS) is 11.3. The van der Waals surface area contributed by atoms with Gasteiger partial charge in [-0.1, -0.05) is 6.92 Å². The molecule has 1 aromatic rings. The molecule has 108 valence electrons. The van der Waals surface area contributed by atoms with E-state index in [9.17, 15) is 4.79 Å². The molecule has 0 aliphatic heterocycles. The Bertz CT molecular complexity index is 373. The van der Waals surface area contributed by atoms with Gasteiger partial charge in [0, 0.05) is 23.9 Å². The fraction of sp³-hybridized carbons (Fsp3) is 0.462. The van der Waals surface area contributed by atoms with Gasteiger partial charge in [-0.2, -0.15) is 11.8 Å². The van der Waals surface area contributed by atoms with Crippen LogP contribution in [0.4, 0.5) is 5.69 Å². The number of benzene rings is 1. The Kier molecular flexibility index (Phi) is 9.47. The second kappa shape index (κ2) is 9.95. The number of nitrogens with one attached hydrogen (secondary N) is 1. The number of anilines is 1. The predicted molar refractivity (Wildman–Crippen MR) is 84.5 cm³/mol. The van der Waals surface area contributed by atoms with E-state index in [1.54, 1.807) is 11.8 Å². The Morgan fingerprint density at radius 3 is 2.58 bits per heavy atom. The largest absolute Gasteiger partial charge is 0.492 e. The van der Waals surface area contributed by atoms with Crippen LogP contribution in [0, 0.1) is 0 Å². The van der Waals surface area contributed by atoms with Crippen LogP contribution in [0.15, 0.2) is 24.3 Å². The summed E-state index contributed by atoms with van der Waals surface area (Å²) in [7, 11) is 0. The molecule has 0 bridgehead atoms. The quantitative estimate of drug-likeness (QED) is 0.812. The van der Waals surface area contributed by atoms with Gasteiger partial charge in [0.25, 0.3) is 0 Å². The van der Waals surface area contributed by atoms with Crippen LogP contribution in [-0.2, 0) is 4.79 Å². The van der Waals surface area contributed by atoms with Crippen LogP contribution in [-0.4, -0.2) is 30.6 Å². The molecule has 0 aliphatic rings. The molecule has 1 atom stereocenters. The molecule has 0 saturated heterocycles. The van der Waals surface area contributed by atoms with E-state index in [4.69, 9.17) is 10.5 Å². The van der Waals surface area contributed by atoms with Crippen LogP contribution >= 0.6 is 24.2 Å². The zero-order chi connectivity index (χ0) is 13.4. The Morgan fingerprint density at radius 1 is 1.42 bits per heavy atom. The molecule has 1 unspecified atom stereocenters. The Balaban J connectivity index is 0.00000324. The van der Waals surface area contributed by atoms with E-state index in [0.717, 1.165) is 11.4 Å². The van der Waals surface area contributed by atoms with Crippen LogP contribution in [0.3, 0.4) is 0 Å². The van der Waals surface area contributed by atoms with Crippen molar-refractivity contribution in [2.45, 2.75) is 18.6 Å². The molecular formula is C13H21ClN2O2S. The summed E-state index contributed by atoms with van der Waals surface area (Å²) in [5, 5.41) is 3.19. The van der Waals surface area contributed by atoms with Gasteiger partial charge in [-0.3, -0.25) is 4.79 Å². The maximum absolute atomic E-state index is 11.7. The monoisotopic (exact) mass is 304 g/mol. The van der Waals surface area contributed by atoms with Gasteiger partial charge < -0.3 is 15.8 Å². The molecule has 19 heavy (non-hydrogen) atoms. The van der Waals surface area contributed by atoms with E-state index in [1.165, 1.54) is 0 Å². The lowest BCUT2D eigenvalue weighted by Gasteiger charge is -2.10. The number of ether oxygens (including phenoxy) is 1. The summed E-state index contributed by atoms with van der Waals surface area (Å²) >= 11 is 1.68. The highest BCUT2D eigenvalue weighted by atomic mass is 35.5. The first kappa shape index (κ1) is 18.1. The number of carbonyl (C=O) groups is 1. The molecule has 4 nitrogen and oxygen atoms in total. The fourth-order valence-corrected chi connectivity index (χ4v) is 1.69. The van der Waals surface area contributed by atoms with Crippen LogP contribution in [0.5, 0.6) is 5.75 Å². The summed E-state index contributed by atoms with van der Waals surface area (Å²) in [6.45, 7) is 3.02. The summed E-state index contributed by atoms with van der Waals surface area (Å²) in [6.07, 6.45) is 2.52. The fourth-order valence-electron chi connectivity index (χ4n) is 1.37. The van der Waals surface area contributed by atoms with Crippen molar-refractivity contribution in [3.8, 4) is 5.75 Å². The van der Waals surface area contributed by atoms with Gasteiger partial charge in [-0.25, -0.2) is 0 Å². The standard InChI is InChI=1S/C13H20N2O2S.ClH/c1-10(18-2)9-13(16)15-11-3-5-12(6-4-11)17-8-7-14;/h3-6,10H,7-9,14H2,1-2H3,(H,15,16);1H. The maximum Gasteiger partial charge on any atom is 0.225 e. The average Bonchev–Trinajstić information content (AvgIpc) is 2.37. The molecule has 1 amide bonds. The third kappa shape index (κ3) is 7.30. The molecule has 6 heteroatoms. The summed E-state index contributed by atoms with van der Waals surface area (Å²) < 4.78 is 5.36. The molecule has 3 N–H and O–H groups in total. The van der Waals surface area contributed by atoms with Gasteiger partial charge >= 0.3 is 0 Å². The lowest BCUT2D eigenvalue weighted by Crippen LogP contribution is -2.16. The highest BCUT2D eigenvalue weighted by Crippen LogP contribution is 2.17. The third-order valence-corrected chi connectivity index (χ3v) is 3.37. The minimum Gasteiger partial charge on any atom is -0.492 e. The van der Waals surface area contributed by atoms with Gasteiger partial charge in [0.15, 0.2) is 0 Å². The maximum atomic E-state index is 11.7. The van der Waals surface area contributed by atoms with Crippen LogP contribution in [0.1, 0.15) is 13.3 Å². The molecule has 0 fully saturated rings. The molecule has 0 saturated carbocycles. The van der Waals surface area contributed by atoms with Crippen molar-refractivity contribution in [2.75, 3.05) is 24.7 Å². The molecule has 1 aromatic carbocycles. The number of halogens is 1. The number of amides is 1. The van der Waals surface area contributed by atoms with Crippen molar-refractivity contribution in [2.24, 2.45) is 5.73 Å². The van der Waals surface area contributed by atoms with Crippen molar-refractivity contribution in [3.63, 3.8) is 0 Å². The van der Waals surface area contributed by atoms with Gasteiger partial charge in [-0.05, 0) is 30.5 Å². The number of thioether (sulfide) groups is 1.